The number of thioether (sulfide) groups is 1. The molecule has 8 heteroatoms. The number of rotatable bonds is 10. The normalized spacial score (nSPS) is 15.2. The van der Waals surface area contributed by atoms with Gasteiger partial charge in [0.1, 0.15) is 6.61 Å². The van der Waals surface area contributed by atoms with E-state index in [0.717, 1.165) is 11.1 Å². The van der Waals surface area contributed by atoms with Crippen LogP contribution in [0.1, 0.15) is 47.8 Å². The number of carbonyl (C=O) groups is 2. The van der Waals surface area contributed by atoms with Gasteiger partial charge in [-0.1, -0.05) is 42.0 Å². The lowest BCUT2D eigenvalue weighted by molar-refractivity contribution is -0.122. The van der Waals surface area contributed by atoms with Crippen LogP contribution in [0.15, 0.2) is 76.6 Å². The van der Waals surface area contributed by atoms with Crippen molar-refractivity contribution < 1.29 is 23.8 Å². The van der Waals surface area contributed by atoms with Crippen molar-refractivity contribution in [2.24, 2.45) is 4.99 Å². The summed E-state index contributed by atoms with van der Waals surface area (Å²) < 4.78 is 17.0. The van der Waals surface area contributed by atoms with Crippen LogP contribution >= 0.6 is 11.8 Å². The average molecular weight is 545 g/mol. The summed E-state index contributed by atoms with van der Waals surface area (Å²) in [5.41, 5.74) is 4.08. The van der Waals surface area contributed by atoms with E-state index < -0.39 is 5.97 Å². The van der Waals surface area contributed by atoms with Crippen LogP contribution in [0, 0.1) is 6.92 Å². The van der Waals surface area contributed by atoms with Gasteiger partial charge in [0.25, 0.3) is 5.91 Å². The zero-order valence-corrected chi connectivity index (χ0v) is 23.4. The molecule has 39 heavy (non-hydrogen) atoms. The Morgan fingerprint density at radius 1 is 0.949 bits per heavy atom. The molecule has 1 saturated heterocycles. The summed E-state index contributed by atoms with van der Waals surface area (Å²) in [6.45, 7) is 9.32. The fourth-order valence-electron chi connectivity index (χ4n) is 3.90. The molecule has 0 unspecified atom stereocenters. The number of amides is 1. The number of esters is 1. The van der Waals surface area contributed by atoms with Crippen molar-refractivity contribution in [3.8, 4) is 11.5 Å². The molecule has 0 radical (unpaired) electrons. The van der Waals surface area contributed by atoms with Gasteiger partial charge in [-0.3, -0.25) is 9.69 Å². The molecule has 202 valence electrons. The summed E-state index contributed by atoms with van der Waals surface area (Å²) in [5.74, 6) is 0.731. The van der Waals surface area contributed by atoms with Crippen LogP contribution < -0.4 is 9.47 Å². The van der Waals surface area contributed by atoms with Crippen molar-refractivity contribution in [1.29, 1.82) is 0 Å². The van der Waals surface area contributed by atoms with Gasteiger partial charge in [-0.25, -0.2) is 9.79 Å². The number of likely N-dealkylation sites (N-methyl/N-ethyl adjacent to an activating group) is 1. The predicted molar refractivity (Wildman–Crippen MR) is 156 cm³/mol. The number of hydrogen-bond donors (Lipinski definition) is 0. The van der Waals surface area contributed by atoms with Gasteiger partial charge in [0.2, 0.25) is 0 Å². The molecule has 3 aromatic carbocycles. The molecule has 0 aliphatic carbocycles. The number of benzene rings is 3. The van der Waals surface area contributed by atoms with E-state index in [1.54, 1.807) is 36.1 Å². The highest BCUT2D eigenvalue weighted by molar-refractivity contribution is 8.18. The van der Waals surface area contributed by atoms with Crippen LogP contribution in [0.5, 0.6) is 11.5 Å². The van der Waals surface area contributed by atoms with Crippen LogP contribution in [0.3, 0.4) is 0 Å². The number of hydrogen-bond acceptors (Lipinski definition) is 7. The van der Waals surface area contributed by atoms with E-state index in [1.165, 1.54) is 17.3 Å². The molecule has 7 nitrogen and oxygen atoms in total. The predicted octanol–water partition coefficient (Wildman–Crippen LogP) is 6.77. The zero-order valence-electron chi connectivity index (χ0n) is 22.6. The minimum Gasteiger partial charge on any atom is -0.490 e. The van der Waals surface area contributed by atoms with E-state index in [1.807, 2.05) is 50.3 Å². The second-order valence-electron chi connectivity index (χ2n) is 8.74. The molecule has 1 fully saturated rings. The summed E-state index contributed by atoms with van der Waals surface area (Å²) in [5, 5.41) is 0.554. The SMILES string of the molecule is CCOC(=O)c1cccc(N=C2SC(=Cc3ccc(OCc4ccc(C)cc4)c(OCC)c3)C(=O)N2CC)c1. The minimum atomic E-state index is -0.404. The summed E-state index contributed by atoms with van der Waals surface area (Å²) in [6, 6.07) is 20.7. The van der Waals surface area contributed by atoms with Gasteiger partial charge < -0.3 is 14.2 Å². The smallest absolute Gasteiger partial charge is 0.338 e. The number of aryl methyl sites for hydroxylation is 1. The molecule has 0 atom stereocenters. The first-order valence-corrected chi connectivity index (χ1v) is 13.8. The van der Waals surface area contributed by atoms with E-state index in [9.17, 15) is 9.59 Å². The Morgan fingerprint density at radius 2 is 1.74 bits per heavy atom. The molecule has 1 aliphatic rings. The first-order valence-electron chi connectivity index (χ1n) is 12.9. The monoisotopic (exact) mass is 544 g/mol. The van der Waals surface area contributed by atoms with Crippen LogP contribution in [0.2, 0.25) is 0 Å². The Labute approximate surface area is 233 Å². The van der Waals surface area contributed by atoms with Crippen LogP contribution in [-0.4, -0.2) is 41.7 Å². The summed E-state index contributed by atoms with van der Waals surface area (Å²) in [7, 11) is 0. The molecule has 0 bridgehead atoms. The molecule has 0 spiro atoms. The molecule has 4 rings (SSSR count). The van der Waals surface area contributed by atoms with Gasteiger partial charge in [-0.2, -0.15) is 0 Å². The summed E-state index contributed by atoms with van der Waals surface area (Å²) >= 11 is 1.30. The Hall–Kier alpha value is -4.04. The quantitative estimate of drug-likeness (QED) is 0.207. The topological polar surface area (TPSA) is 77.4 Å². The highest BCUT2D eigenvalue weighted by atomic mass is 32.2. The third-order valence-electron chi connectivity index (χ3n) is 5.87. The van der Waals surface area contributed by atoms with Crippen LogP contribution in [-0.2, 0) is 16.1 Å². The van der Waals surface area contributed by atoms with Crippen LogP contribution in [0.4, 0.5) is 5.69 Å². The maximum atomic E-state index is 13.2. The average Bonchev–Trinajstić information content (AvgIpc) is 3.22. The van der Waals surface area contributed by atoms with Gasteiger partial charge in [-0.15, -0.1) is 0 Å². The highest BCUT2D eigenvalue weighted by Gasteiger charge is 2.32. The van der Waals surface area contributed by atoms with Gasteiger partial charge >= 0.3 is 5.97 Å². The third kappa shape index (κ3) is 7.09. The van der Waals surface area contributed by atoms with Gasteiger partial charge in [-0.05, 0) is 87.0 Å². The fourth-order valence-corrected chi connectivity index (χ4v) is 4.96. The fraction of sp³-hybridized carbons (Fsp3) is 0.258. The molecule has 0 saturated carbocycles. The molecule has 3 aromatic rings. The molecule has 0 aromatic heterocycles. The first-order chi connectivity index (χ1) is 18.9. The number of nitrogens with zero attached hydrogens (tertiary/aromatic N) is 2. The lowest BCUT2D eigenvalue weighted by Gasteiger charge is -2.13. The Kier molecular flexibility index (Phi) is 9.44. The van der Waals surface area contributed by atoms with Crippen molar-refractivity contribution >= 4 is 40.6 Å². The number of aliphatic imine (C=N–C) groups is 1. The second-order valence-corrected chi connectivity index (χ2v) is 9.75. The first kappa shape index (κ1) is 28.0. The number of carbonyl (C=O) groups excluding carboxylic acids is 2. The van der Waals surface area contributed by atoms with Crippen molar-refractivity contribution in [2.75, 3.05) is 19.8 Å². The summed E-state index contributed by atoms with van der Waals surface area (Å²) in [6.07, 6.45) is 1.83. The Balaban J connectivity index is 1.55. The lowest BCUT2D eigenvalue weighted by atomic mass is 10.1. The Bertz CT molecular complexity index is 1400. The molecule has 1 heterocycles. The zero-order chi connectivity index (χ0) is 27.8. The molecule has 0 N–H and O–H groups in total. The van der Waals surface area contributed by atoms with Gasteiger partial charge in [0, 0.05) is 6.54 Å². The standard InChI is InChI=1S/C31H32N2O5S/c1-5-33-29(34)28(39-31(33)32-25-10-8-9-24(19-25)30(35)37-7-3)18-23-15-16-26(27(17-23)36-6-2)38-20-22-13-11-21(4)12-14-22/h8-19H,5-7,20H2,1-4H3. The second kappa shape index (κ2) is 13.2. The number of amidine groups is 1. The minimum absolute atomic E-state index is 0.125. The Morgan fingerprint density at radius 3 is 2.46 bits per heavy atom. The van der Waals surface area contributed by atoms with E-state index in [4.69, 9.17) is 14.2 Å². The number of ether oxygens (including phenoxy) is 3. The molecule has 1 amide bonds. The van der Waals surface area contributed by atoms with E-state index in [2.05, 4.69) is 24.0 Å². The van der Waals surface area contributed by atoms with Crippen molar-refractivity contribution in [3.63, 3.8) is 0 Å². The molecular formula is C31H32N2O5S. The highest BCUT2D eigenvalue weighted by Crippen LogP contribution is 2.36. The maximum absolute atomic E-state index is 13.2. The van der Waals surface area contributed by atoms with Crippen LogP contribution in [0.25, 0.3) is 6.08 Å². The molecular weight excluding hydrogens is 512 g/mol. The van der Waals surface area contributed by atoms with Gasteiger partial charge in [0.05, 0.1) is 29.4 Å². The lowest BCUT2D eigenvalue weighted by Crippen LogP contribution is -2.28. The third-order valence-corrected chi connectivity index (χ3v) is 6.87. The maximum Gasteiger partial charge on any atom is 0.338 e. The van der Waals surface area contributed by atoms with E-state index in [-0.39, 0.29) is 5.91 Å². The van der Waals surface area contributed by atoms with Gasteiger partial charge in [0.15, 0.2) is 16.7 Å². The van der Waals surface area contributed by atoms with Crippen molar-refractivity contribution in [3.05, 3.63) is 93.9 Å². The molecule has 1 aliphatic heterocycles. The largest absolute Gasteiger partial charge is 0.490 e. The van der Waals surface area contributed by atoms with Crippen molar-refractivity contribution in [2.45, 2.75) is 34.3 Å². The van der Waals surface area contributed by atoms with E-state index >= 15 is 0 Å². The van der Waals surface area contributed by atoms with E-state index in [0.29, 0.717) is 59.2 Å². The summed E-state index contributed by atoms with van der Waals surface area (Å²) in [4.78, 5) is 32.1. The van der Waals surface area contributed by atoms with Crippen molar-refractivity contribution in [1.82, 2.24) is 4.90 Å².